The molecule has 0 bridgehead atoms. The van der Waals surface area contributed by atoms with Crippen molar-refractivity contribution in [2.45, 2.75) is 38.0 Å². The minimum atomic E-state index is -2.55. The zero-order chi connectivity index (χ0) is 11.3. The Morgan fingerprint density at radius 1 is 1.38 bits per heavy atom. The number of likely N-dealkylation sites (tertiary alicyclic amines) is 1. The summed E-state index contributed by atoms with van der Waals surface area (Å²) in [7, 11) is 0. The standard InChI is InChI=1S/C10H17F2NO2.ClH/c11-10(12)5-3-7-13(8-10)6-2-1-4-9(14)15;/h1-8H2,(H,14,15);1H. The minimum absolute atomic E-state index is 0. The SMILES string of the molecule is Cl.O=C(O)CCCCN1CCCC(F)(F)C1. The van der Waals surface area contributed by atoms with E-state index in [1.54, 1.807) is 4.90 Å². The van der Waals surface area contributed by atoms with Gasteiger partial charge in [0.05, 0.1) is 6.54 Å². The first kappa shape index (κ1) is 15.6. The van der Waals surface area contributed by atoms with Gasteiger partial charge in [-0.3, -0.25) is 9.69 Å². The third kappa shape index (κ3) is 6.23. The lowest BCUT2D eigenvalue weighted by Gasteiger charge is -2.32. The van der Waals surface area contributed by atoms with Gasteiger partial charge < -0.3 is 5.11 Å². The van der Waals surface area contributed by atoms with Gasteiger partial charge in [0, 0.05) is 12.8 Å². The Balaban J connectivity index is 0.00000225. The van der Waals surface area contributed by atoms with Gasteiger partial charge in [0.2, 0.25) is 0 Å². The van der Waals surface area contributed by atoms with Gasteiger partial charge in [-0.25, -0.2) is 8.78 Å². The van der Waals surface area contributed by atoms with Crippen molar-refractivity contribution in [2.24, 2.45) is 0 Å². The van der Waals surface area contributed by atoms with Gasteiger partial charge in [-0.1, -0.05) is 0 Å². The normalized spacial score (nSPS) is 20.1. The Morgan fingerprint density at radius 3 is 2.62 bits per heavy atom. The molecule has 0 aliphatic carbocycles. The predicted octanol–water partition coefficient (Wildman–Crippen LogP) is 2.39. The van der Waals surface area contributed by atoms with Crippen LogP contribution in [0, 0.1) is 0 Å². The number of alkyl halides is 2. The molecule has 0 atom stereocenters. The highest BCUT2D eigenvalue weighted by Gasteiger charge is 2.34. The van der Waals surface area contributed by atoms with Gasteiger partial charge in [-0.05, 0) is 32.4 Å². The molecule has 1 fully saturated rings. The fourth-order valence-electron chi connectivity index (χ4n) is 1.85. The number of carboxylic acid groups (broad SMARTS) is 1. The van der Waals surface area contributed by atoms with Crippen LogP contribution in [-0.4, -0.2) is 41.5 Å². The fraction of sp³-hybridized carbons (Fsp3) is 0.900. The van der Waals surface area contributed by atoms with E-state index in [4.69, 9.17) is 5.11 Å². The molecule has 1 aliphatic heterocycles. The number of carboxylic acids is 1. The van der Waals surface area contributed by atoms with Crippen LogP contribution in [0.3, 0.4) is 0 Å². The lowest BCUT2D eigenvalue weighted by atomic mass is 10.1. The summed E-state index contributed by atoms with van der Waals surface area (Å²) < 4.78 is 25.9. The van der Waals surface area contributed by atoms with Crippen LogP contribution in [0.15, 0.2) is 0 Å². The topological polar surface area (TPSA) is 40.5 Å². The molecule has 0 unspecified atom stereocenters. The van der Waals surface area contributed by atoms with Crippen molar-refractivity contribution >= 4 is 18.4 Å². The molecular formula is C10H18ClF2NO2. The molecule has 0 aromatic carbocycles. The highest BCUT2D eigenvalue weighted by atomic mass is 35.5. The van der Waals surface area contributed by atoms with Gasteiger partial charge in [0.15, 0.2) is 0 Å². The predicted molar refractivity (Wildman–Crippen MR) is 59.4 cm³/mol. The van der Waals surface area contributed by atoms with Crippen molar-refractivity contribution in [3.8, 4) is 0 Å². The molecule has 0 spiro atoms. The molecule has 1 aliphatic rings. The fourth-order valence-corrected chi connectivity index (χ4v) is 1.85. The van der Waals surface area contributed by atoms with Gasteiger partial charge in [-0.2, -0.15) is 0 Å². The molecule has 1 N–H and O–H groups in total. The number of hydrogen-bond acceptors (Lipinski definition) is 2. The third-order valence-corrected chi connectivity index (χ3v) is 2.59. The minimum Gasteiger partial charge on any atom is -0.481 e. The van der Waals surface area contributed by atoms with Crippen LogP contribution in [0.4, 0.5) is 8.78 Å². The van der Waals surface area contributed by atoms with Gasteiger partial charge in [0.1, 0.15) is 0 Å². The zero-order valence-electron chi connectivity index (χ0n) is 9.12. The first-order chi connectivity index (χ1) is 6.99. The monoisotopic (exact) mass is 257 g/mol. The number of aliphatic carboxylic acids is 1. The molecule has 0 aromatic rings. The van der Waals surface area contributed by atoms with E-state index >= 15 is 0 Å². The van der Waals surface area contributed by atoms with Crippen molar-refractivity contribution in [3.63, 3.8) is 0 Å². The lowest BCUT2D eigenvalue weighted by Crippen LogP contribution is -2.42. The second-order valence-electron chi connectivity index (χ2n) is 4.09. The number of halogens is 3. The van der Waals surface area contributed by atoms with Crippen LogP contribution >= 0.6 is 12.4 Å². The second-order valence-corrected chi connectivity index (χ2v) is 4.09. The zero-order valence-corrected chi connectivity index (χ0v) is 9.94. The molecule has 1 heterocycles. The molecule has 0 aromatic heterocycles. The summed E-state index contributed by atoms with van der Waals surface area (Å²) in [6.07, 6.45) is 1.90. The molecule has 1 saturated heterocycles. The van der Waals surface area contributed by atoms with E-state index in [2.05, 4.69) is 0 Å². The Kier molecular flexibility index (Phi) is 6.83. The van der Waals surface area contributed by atoms with E-state index in [0.717, 1.165) is 0 Å². The number of carbonyl (C=O) groups is 1. The Bertz CT molecular complexity index is 227. The first-order valence-corrected chi connectivity index (χ1v) is 5.32. The highest BCUT2D eigenvalue weighted by molar-refractivity contribution is 5.85. The lowest BCUT2D eigenvalue weighted by molar-refractivity contribution is -0.137. The van der Waals surface area contributed by atoms with Crippen molar-refractivity contribution in [2.75, 3.05) is 19.6 Å². The molecule has 1 rings (SSSR count). The van der Waals surface area contributed by atoms with E-state index < -0.39 is 11.9 Å². The largest absolute Gasteiger partial charge is 0.481 e. The second kappa shape index (κ2) is 7.01. The first-order valence-electron chi connectivity index (χ1n) is 5.32. The Labute approximate surface area is 100 Å². The average molecular weight is 258 g/mol. The average Bonchev–Trinajstić information content (AvgIpc) is 2.10. The maximum absolute atomic E-state index is 13.0. The number of unbranched alkanes of at least 4 members (excludes halogenated alkanes) is 1. The van der Waals surface area contributed by atoms with Crippen LogP contribution < -0.4 is 0 Å². The summed E-state index contributed by atoms with van der Waals surface area (Å²) in [5, 5.41) is 8.40. The smallest absolute Gasteiger partial charge is 0.303 e. The molecule has 0 saturated carbocycles. The molecule has 3 nitrogen and oxygen atoms in total. The number of piperidine rings is 1. The molecular weight excluding hydrogens is 240 g/mol. The molecule has 0 amide bonds. The van der Waals surface area contributed by atoms with Crippen molar-refractivity contribution in [3.05, 3.63) is 0 Å². The van der Waals surface area contributed by atoms with E-state index in [9.17, 15) is 13.6 Å². The summed E-state index contributed by atoms with van der Waals surface area (Å²) in [5.74, 6) is -3.37. The molecule has 0 radical (unpaired) electrons. The molecule has 96 valence electrons. The van der Waals surface area contributed by atoms with Crippen LogP contribution in [-0.2, 0) is 4.79 Å². The maximum Gasteiger partial charge on any atom is 0.303 e. The number of hydrogen-bond donors (Lipinski definition) is 1. The quantitative estimate of drug-likeness (QED) is 0.769. The van der Waals surface area contributed by atoms with Crippen molar-refractivity contribution < 1.29 is 18.7 Å². The summed E-state index contributed by atoms with van der Waals surface area (Å²) in [6.45, 7) is 1.13. The van der Waals surface area contributed by atoms with Crippen molar-refractivity contribution in [1.29, 1.82) is 0 Å². The van der Waals surface area contributed by atoms with Gasteiger partial charge in [0.25, 0.3) is 5.92 Å². The van der Waals surface area contributed by atoms with E-state index in [1.165, 1.54) is 0 Å². The van der Waals surface area contributed by atoms with Gasteiger partial charge >= 0.3 is 5.97 Å². The molecule has 6 heteroatoms. The maximum atomic E-state index is 13.0. The van der Waals surface area contributed by atoms with Crippen LogP contribution in [0.25, 0.3) is 0 Å². The summed E-state index contributed by atoms with van der Waals surface area (Å²) in [6, 6.07) is 0. The van der Waals surface area contributed by atoms with Crippen LogP contribution in [0.5, 0.6) is 0 Å². The number of rotatable bonds is 5. The highest BCUT2D eigenvalue weighted by Crippen LogP contribution is 2.26. The Hall–Kier alpha value is -0.420. The van der Waals surface area contributed by atoms with Crippen LogP contribution in [0.1, 0.15) is 32.1 Å². The van der Waals surface area contributed by atoms with Crippen molar-refractivity contribution in [1.82, 2.24) is 4.90 Å². The van der Waals surface area contributed by atoms with E-state index in [0.29, 0.717) is 32.4 Å². The van der Waals surface area contributed by atoms with E-state index in [1.807, 2.05) is 0 Å². The van der Waals surface area contributed by atoms with Gasteiger partial charge in [-0.15, -0.1) is 12.4 Å². The summed E-state index contributed by atoms with van der Waals surface area (Å²) in [5.41, 5.74) is 0. The summed E-state index contributed by atoms with van der Waals surface area (Å²) in [4.78, 5) is 11.9. The summed E-state index contributed by atoms with van der Waals surface area (Å²) >= 11 is 0. The van der Waals surface area contributed by atoms with E-state index in [-0.39, 0.29) is 31.8 Å². The third-order valence-electron chi connectivity index (χ3n) is 2.59. The van der Waals surface area contributed by atoms with Crippen LogP contribution in [0.2, 0.25) is 0 Å². The Morgan fingerprint density at radius 2 is 2.06 bits per heavy atom. The number of nitrogens with zero attached hydrogens (tertiary/aromatic N) is 1. The molecule has 16 heavy (non-hydrogen) atoms.